The van der Waals surface area contributed by atoms with E-state index < -0.39 is 4.92 Å². The van der Waals surface area contributed by atoms with Gasteiger partial charge in [0.1, 0.15) is 5.02 Å². The maximum atomic E-state index is 10.8. The highest BCUT2D eigenvalue weighted by molar-refractivity contribution is 6.32. The molecule has 0 amide bonds. The first-order valence-corrected chi connectivity index (χ1v) is 8.62. The maximum absolute atomic E-state index is 10.8. The van der Waals surface area contributed by atoms with Crippen LogP contribution in [-0.4, -0.2) is 17.5 Å². The lowest BCUT2D eigenvalue weighted by Gasteiger charge is -2.02. The largest absolute Gasteiger partial charge is 0.466 e. The van der Waals surface area contributed by atoms with Crippen LogP contribution in [0, 0.1) is 10.1 Å². The summed E-state index contributed by atoms with van der Waals surface area (Å²) in [6, 6.07) is 4.81. The van der Waals surface area contributed by atoms with Gasteiger partial charge in [0.15, 0.2) is 0 Å². The Morgan fingerprint density at radius 2 is 1.88 bits per heavy atom. The summed E-state index contributed by atoms with van der Waals surface area (Å²) in [5.41, 5.74) is 0.726. The number of carbonyl (C=O) groups excluding carboxylic acids is 1. The van der Waals surface area contributed by atoms with Gasteiger partial charge in [-0.05, 0) is 30.9 Å². The number of ether oxygens (including phenoxy) is 1. The molecule has 0 aliphatic carbocycles. The highest BCUT2D eigenvalue weighted by Crippen LogP contribution is 2.25. The van der Waals surface area contributed by atoms with Crippen LogP contribution in [0.5, 0.6) is 0 Å². The Kier molecular flexibility index (Phi) is 9.77. The predicted molar refractivity (Wildman–Crippen MR) is 96.1 cm³/mol. The lowest BCUT2D eigenvalue weighted by Crippen LogP contribution is -1.99. The molecule has 0 N–H and O–H groups in total. The van der Waals surface area contributed by atoms with E-state index >= 15 is 0 Å². The molecular weight excluding hydrogens is 330 g/mol. The average molecular weight is 354 g/mol. The lowest BCUT2D eigenvalue weighted by atomic mass is 10.1. The second kappa shape index (κ2) is 11.6. The standard InChI is InChI=1S/C18H24ClNO4/c1-15(21)24-13-9-7-5-3-2-4-6-8-10-16-11-12-17(19)18(14-16)20(22)23/h8,10-12,14H,2-7,9,13H2,1H3/b10-8+. The van der Waals surface area contributed by atoms with E-state index in [-0.39, 0.29) is 16.7 Å². The number of allylic oxidation sites excluding steroid dienone is 1. The molecule has 0 atom stereocenters. The molecule has 1 aromatic carbocycles. The van der Waals surface area contributed by atoms with Crippen molar-refractivity contribution < 1.29 is 14.5 Å². The molecule has 132 valence electrons. The lowest BCUT2D eigenvalue weighted by molar-refractivity contribution is -0.384. The van der Waals surface area contributed by atoms with Gasteiger partial charge in [-0.3, -0.25) is 14.9 Å². The Labute approximate surface area is 147 Å². The molecule has 0 saturated carbocycles. The van der Waals surface area contributed by atoms with Crippen molar-refractivity contribution in [1.82, 2.24) is 0 Å². The number of nitro groups is 1. The second-order valence-corrected chi connectivity index (χ2v) is 6.03. The molecular formula is C18H24ClNO4. The summed E-state index contributed by atoms with van der Waals surface area (Å²) in [6.07, 6.45) is 11.4. The summed E-state index contributed by atoms with van der Waals surface area (Å²) in [6.45, 7) is 1.95. The number of carbonyl (C=O) groups is 1. The van der Waals surface area contributed by atoms with Gasteiger partial charge >= 0.3 is 5.97 Å². The van der Waals surface area contributed by atoms with E-state index in [4.69, 9.17) is 16.3 Å². The van der Waals surface area contributed by atoms with Gasteiger partial charge in [-0.25, -0.2) is 0 Å². The van der Waals surface area contributed by atoms with E-state index in [1.807, 2.05) is 12.2 Å². The fourth-order valence-electron chi connectivity index (χ4n) is 2.28. The van der Waals surface area contributed by atoms with Gasteiger partial charge in [0.05, 0.1) is 11.5 Å². The smallest absolute Gasteiger partial charge is 0.302 e. The molecule has 0 unspecified atom stereocenters. The van der Waals surface area contributed by atoms with Gasteiger partial charge in [-0.1, -0.05) is 55.5 Å². The van der Waals surface area contributed by atoms with Crippen molar-refractivity contribution in [2.24, 2.45) is 0 Å². The van der Waals surface area contributed by atoms with Crippen LogP contribution in [0.4, 0.5) is 5.69 Å². The molecule has 24 heavy (non-hydrogen) atoms. The van der Waals surface area contributed by atoms with E-state index in [2.05, 4.69) is 0 Å². The van der Waals surface area contributed by atoms with E-state index in [0.29, 0.717) is 6.61 Å². The minimum absolute atomic E-state index is 0.0624. The third kappa shape index (κ3) is 8.67. The Bertz CT molecular complexity index is 572. The van der Waals surface area contributed by atoms with Crippen molar-refractivity contribution in [2.45, 2.75) is 51.9 Å². The number of hydrogen-bond donors (Lipinski definition) is 0. The van der Waals surface area contributed by atoms with Crippen molar-refractivity contribution in [3.8, 4) is 0 Å². The van der Waals surface area contributed by atoms with Crippen LogP contribution in [0.15, 0.2) is 24.3 Å². The number of esters is 1. The SMILES string of the molecule is CC(=O)OCCCCCCCC/C=C/c1ccc(Cl)c([N+](=O)[O-])c1. The summed E-state index contributed by atoms with van der Waals surface area (Å²) in [7, 11) is 0. The van der Waals surface area contributed by atoms with E-state index in [0.717, 1.165) is 44.1 Å². The summed E-state index contributed by atoms with van der Waals surface area (Å²) in [4.78, 5) is 20.9. The predicted octanol–water partition coefficient (Wildman–Crippen LogP) is 5.56. The molecule has 0 heterocycles. The van der Waals surface area contributed by atoms with Crippen molar-refractivity contribution in [3.05, 3.63) is 45.0 Å². The zero-order valence-electron chi connectivity index (χ0n) is 14.0. The summed E-state index contributed by atoms with van der Waals surface area (Å²) >= 11 is 5.78. The Morgan fingerprint density at radius 1 is 1.21 bits per heavy atom. The summed E-state index contributed by atoms with van der Waals surface area (Å²) in [5, 5.41) is 11.0. The van der Waals surface area contributed by atoms with Gasteiger partial charge in [0.2, 0.25) is 0 Å². The Balaban J connectivity index is 2.13. The average Bonchev–Trinajstić information content (AvgIpc) is 2.53. The first-order valence-electron chi connectivity index (χ1n) is 8.24. The molecule has 0 saturated heterocycles. The molecule has 0 bridgehead atoms. The Hall–Kier alpha value is -1.88. The van der Waals surface area contributed by atoms with Crippen molar-refractivity contribution in [2.75, 3.05) is 6.61 Å². The van der Waals surface area contributed by atoms with Crippen LogP contribution in [0.1, 0.15) is 57.4 Å². The first-order chi connectivity index (χ1) is 11.5. The van der Waals surface area contributed by atoms with Gasteiger partial charge in [0.25, 0.3) is 5.69 Å². The Morgan fingerprint density at radius 3 is 2.54 bits per heavy atom. The third-order valence-electron chi connectivity index (χ3n) is 3.55. The number of nitrogens with zero attached hydrogens (tertiary/aromatic N) is 1. The van der Waals surface area contributed by atoms with Crippen LogP contribution in [0.3, 0.4) is 0 Å². The van der Waals surface area contributed by atoms with Crippen LogP contribution in [0.25, 0.3) is 6.08 Å². The molecule has 0 aliphatic rings. The topological polar surface area (TPSA) is 69.4 Å². The van der Waals surface area contributed by atoms with Gasteiger partial charge in [0, 0.05) is 13.0 Å². The molecule has 0 aliphatic heterocycles. The van der Waals surface area contributed by atoms with Crippen LogP contribution in [0.2, 0.25) is 5.02 Å². The molecule has 5 nitrogen and oxygen atoms in total. The first kappa shape index (κ1) is 20.2. The molecule has 0 aromatic heterocycles. The zero-order valence-corrected chi connectivity index (χ0v) is 14.8. The number of benzene rings is 1. The van der Waals surface area contributed by atoms with Gasteiger partial charge in [-0.2, -0.15) is 0 Å². The van der Waals surface area contributed by atoms with Gasteiger partial charge in [-0.15, -0.1) is 0 Å². The van der Waals surface area contributed by atoms with Crippen molar-refractivity contribution >= 4 is 29.3 Å². The molecule has 1 aromatic rings. The van der Waals surface area contributed by atoms with Crippen molar-refractivity contribution in [3.63, 3.8) is 0 Å². The van der Waals surface area contributed by atoms with E-state index in [1.54, 1.807) is 12.1 Å². The zero-order chi connectivity index (χ0) is 17.8. The van der Waals surface area contributed by atoms with E-state index in [9.17, 15) is 14.9 Å². The van der Waals surface area contributed by atoms with Crippen LogP contribution < -0.4 is 0 Å². The summed E-state index contributed by atoms with van der Waals surface area (Å²) in [5.74, 6) is -0.215. The molecule has 6 heteroatoms. The molecule has 0 spiro atoms. The monoisotopic (exact) mass is 353 g/mol. The number of nitro benzene ring substituents is 1. The van der Waals surface area contributed by atoms with Crippen LogP contribution >= 0.6 is 11.6 Å². The maximum Gasteiger partial charge on any atom is 0.302 e. The minimum Gasteiger partial charge on any atom is -0.466 e. The third-order valence-corrected chi connectivity index (χ3v) is 3.87. The number of halogens is 1. The fraction of sp³-hybridized carbons (Fsp3) is 0.500. The molecule has 0 fully saturated rings. The quantitative estimate of drug-likeness (QED) is 0.226. The number of unbranched alkanes of at least 4 members (excludes halogenated alkanes) is 6. The fourth-order valence-corrected chi connectivity index (χ4v) is 2.47. The van der Waals surface area contributed by atoms with Gasteiger partial charge < -0.3 is 4.74 Å². The number of hydrogen-bond acceptors (Lipinski definition) is 4. The second-order valence-electron chi connectivity index (χ2n) is 5.62. The molecule has 1 rings (SSSR count). The summed E-state index contributed by atoms with van der Waals surface area (Å²) < 4.78 is 4.88. The highest BCUT2D eigenvalue weighted by Gasteiger charge is 2.11. The number of rotatable bonds is 11. The van der Waals surface area contributed by atoms with Crippen molar-refractivity contribution in [1.29, 1.82) is 0 Å². The normalized spacial score (nSPS) is 10.9. The highest BCUT2D eigenvalue weighted by atomic mass is 35.5. The molecule has 0 radical (unpaired) electrons. The minimum atomic E-state index is -0.471. The van der Waals surface area contributed by atoms with E-state index in [1.165, 1.54) is 19.4 Å². The van der Waals surface area contributed by atoms with Crippen LogP contribution in [-0.2, 0) is 9.53 Å².